The van der Waals surface area contributed by atoms with Crippen molar-refractivity contribution in [1.29, 1.82) is 0 Å². The number of imidazole rings is 1. The number of fused-ring (bicyclic) bond motifs is 1. The van der Waals surface area contributed by atoms with Gasteiger partial charge in [-0.05, 0) is 37.0 Å². The molecule has 0 radical (unpaired) electrons. The summed E-state index contributed by atoms with van der Waals surface area (Å²) in [6, 6.07) is 7.68. The highest BCUT2D eigenvalue weighted by Gasteiger charge is 2.53. The number of esters is 1. The largest absolute Gasteiger partial charge is 0.453 e. The summed E-state index contributed by atoms with van der Waals surface area (Å²) in [5.74, 6) is -0.207. The molecule has 1 unspecified atom stereocenters. The number of nitrogens with zero attached hydrogens (tertiary/aromatic N) is 2. The van der Waals surface area contributed by atoms with Gasteiger partial charge >= 0.3 is 5.97 Å². The van der Waals surface area contributed by atoms with Crippen molar-refractivity contribution in [3.63, 3.8) is 0 Å². The smallest absolute Gasteiger partial charge is 0.339 e. The van der Waals surface area contributed by atoms with E-state index in [0.29, 0.717) is 5.56 Å². The molecule has 1 aromatic heterocycles. The molecule has 4 nitrogen and oxygen atoms in total. The van der Waals surface area contributed by atoms with Crippen LogP contribution < -0.4 is 0 Å². The van der Waals surface area contributed by atoms with E-state index in [0.717, 1.165) is 30.5 Å². The summed E-state index contributed by atoms with van der Waals surface area (Å²) in [6.07, 6.45) is 8.26. The first-order valence-electron chi connectivity index (χ1n) is 7.22. The van der Waals surface area contributed by atoms with E-state index in [4.69, 9.17) is 4.74 Å². The molecule has 21 heavy (non-hydrogen) atoms. The average Bonchev–Trinajstić information content (AvgIpc) is 2.93. The summed E-state index contributed by atoms with van der Waals surface area (Å²) < 4.78 is 7.93. The molecule has 0 saturated heterocycles. The number of carbonyl (C=O) groups excluding carboxylic acids is 1. The molecular weight excluding hydrogens is 264 g/mol. The Labute approximate surface area is 123 Å². The number of hydrogen-bond donors (Lipinski definition) is 0. The third-order valence-corrected chi connectivity index (χ3v) is 4.65. The van der Waals surface area contributed by atoms with Crippen molar-refractivity contribution in [3.05, 3.63) is 60.2 Å². The monoisotopic (exact) mass is 280 g/mol. The lowest BCUT2D eigenvalue weighted by molar-refractivity contribution is -0.0924. The number of ether oxygens (including phenoxy) is 1. The van der Waals surface area contributed by atoms with Crippen molar-refractivity contribution in [1.82, 2.24) is 9.55 Å². The van der Waals surface area contributed by atoms with Crippen LogP contribution in [0.3, 0.4) is 0 Å². The minimum absolute atomic E-state index is 0.0179. The molecule has 106 valence electrons. The van der Waals surface area contributed by atoms with Gasteiger partial charge < -0.3 is 9.30 Å². The topological polar surface area (TPSA) is 44.1 Å². The van der Waals surface area contributed by atoms with Crippen molar-refractivity contribution < 1.29 is 9.53 Å². The first kappa shape index (κ1) is 12.4. The van der Waals surface area contributed by atoms with Gasteiger partial charge in [0.2, 0.25) is 0 Å². The van der Waals surface area contributed by atoms with Crippen molar-refractivity contribution in [2.24, 2.45) is 0 Å². The number of rotatable bonds is 2. The number of aromatic nitrogens is 2. The molecule has 1 saturated carbocycles. The third kappa shape index (κ3) is 1.62. The Morgan fingerprint density at radius 3 is 2.90 bits per heavy atom. The summed E-state index contributed by atoms with van der Waals surface area (Å²) in [5, 5.41) is 0. The lowest BCUT2D eigenvalue weighted by atomic mass is 9.70. The summed E-state index contributed by atoms with van der Waals surface area (Å²) >= 11 is 0. The lowest BCUT2D eigenvalue weighted by Crippen LogP contribution is -2.52. The normalized spacial score (nSPS) is 22.3. The van der Waals surface area contributed by atoms with Crippen LogP contribution in [0.2, 0.25) is 0 Å². The minimum Gasteiger partial charge on any atom is -0.453 e. The Hall–Kier alpha value is -2.36. The molecule has 1 atom stereocenters. The molecular formula is C17H16N2O2. The van der Waals surface area contributed by atoms with Crippen LogP contribution in [0.5, 0.6) is 0 Å². The maximum Gasteiger partial charge on any atom is 0.339 e. The molecule has 1 aliphatic carbocycles. The van der Waals surface area contributed by atoms with Crippen LogP contribution in [0.4, 0.5) is 0 Å². The highest BCUT2D eigenvalue weighted by Crippen LogP contribution is 2.51. The zero-order valence-electron chi connectivity index (χ0n) is 11.7. The quantitative estimate of drug-likeness (QED) is 0.793. The summed E-state index contributed by atoms with van der Waals surface area (Å²) in [7, 11) is 0. The minimum atomic E-state index is -0.427. The molecule has 1 fully saturated rings. The van der Waals surface area contributed by atoms with Gasteiger partial charge in [0.05, 0.1) is 23.8 Å². The molecule has 2 heterocycles. The van der Waals surface area contributed by atoms with Crippen LogP contribution in [-0.2, 0) is 4.74 Å². The van der Waals surface area contributed by atoms with E-state index in [1.54, 1.807) is 18.6 Å². The van der Waals surface area contributed by atoms with Gasteiger partial charge in [-0.1, -0.05) is 24.8 Å². The van der Waals surface area contributed by atoms with Gasteiger partial charge in [0.15, 0.2) is 0 Å². The molecule has 0 amide bonds. The molecule has 4 rings (SSSR count). The number of hydrogen-bond acceptors (Lipinski definition) is 3. The lowest BCUT2D eigenvalue weighted by Gasteiger charge is -2.50. The second-order valence-electron chi connectivity index (χ2n) is 5.73. The fourth-order valence-corrected chi connectivity index (χ4v) is 3.49. The summed E-state index contributed by atoms with van der Waals surface area (Å²) in [6.45, 7) is 3.85. The standard InChI is InChI=1S/C17H16N2O2/c1-2-12-10-18-11-19(12)15-13-6-3-4-7-14(13)16(20)21-17(15)8-5-9-17/h2-4,6-7,10-11,15H,1,5,8-9H2. The molecule has 2 aliphatic rings. The second-order valence-corrected chi connectivity index (χ2v) is 5.73. The SMILES string of the molecule is C=Cc1cncn1C1c2ccccc2C(=O)OC12CCC2. The first-order valence-corrected chi connectivity index (χ1v) is 7.22. The third-order valence-electron chi connectivity index (χ3n) is 4.65. The van der Waals surface area contributed by atoms with Crippen molar-refractivity contribution in [3.8, 4) is 0 Å². The Bertz CT molecular complexity index is 728. The van der Waals surface area contributed by atoms with Crippen LogP contribution in [0.25, 0.3) is 6.08 Å². The molecule has 2 aromatic rings. The number of benzene rings is 1. The Morgan fingerprint density at radius 1 is 1.38 bits per heavy atom. The van der Waals surface area contributed by atoms with Gasteiger partial charge in [-0.25, -0.2) is 9.78 Å². The van der Waals surface area contributed by atoms with Gasteiger partial charge in [0.25, 0.3) is 0 Å². The zero-order valence-corrected chi connectivity index (χ0v) is 11.7. The van der Waals surface area contributed by atoms with E-state index < -0.39 is 5.60 Å². The van der Waals surface area contributed by atoms with Crippen LogP contribution in [0.1, 0.15) is 46.9 Å². The van der Waals surface area contributed by atoms with Crippen LogP contribution >= 0.6 is 0 Å². The van der Waals surface area contributed by atoms with E-state index in [1.165, 1.54) is 0 Å². The Balaban J connectivity index is 1.95. The molecule has 0 N–H and O–H groups in total. The molecule has 0 bridgehead atoms. The van der Waals surface area contributed by atoms with E-state index >= 15 is 0 Å². The first-order chi connectivity index (χ1) is 10.2. The maximum atomic E-state index is 12.3. The molecule has 1 aromatic carbocycles. The van der Waals surface area contributed by atoms with Crippen LogP contribution in [-0.4, -0.2) is 21.1 Å². The van der Waals surface area contributed by atoms with Crippen molar-refractivity contribution in [2.75, 3.05) is 0 Å². The zero-order chi connectivity index (χ0) is 14.4. The fraction of sp³-hybridized carbons (Fsp3) is 0.294. The Kier molecular flexibility index (Phi) is 2.55. The van der Waals surface area contributed by atoms with Crippen molar-refractivity contribution >= 4 is 12.0 Å². The second kappa shape index (κ2) is 4.32. The fourth-order valence-electron chi connectivity index (χ4n) is 3.49. The Morgan fingerprint density at radius 2 is 2.19 bits per heavy atom. The average molecular weight is 280 g/mol. The van der Waals surface area contributed by atoms with E-state index in [-0.39, 0.29) is 12.0 Å². The van der Waals surface area contributed by atoms with Crippen molar-refractivity contribution in [2.45, 2.75) is 30.9 Å². The highest BCUT2D eigenvalue weighted by atomic mass is 16.6. The van der Waals surface area contributed by atoms with E-state index in [9.17, 15) is 4.79 Å². The summed E-state index contributed by atoms with van der Waals surface area (Å²) in [4.78, 5) is 16.5. The molecule has 4 heteroatoms. The highest BCUT2D eigenvalue weighted by molar-refractivity contribution is 5.93. The van der Waals surface area contributed by atoms with E-state index in [2.05, 4.69) is 16.1 Å². The van der Waals surface area contributed by atoms with Gasteiger partial charge in [-0.2, -0.15) is 0 Å². The molecule has 1 spiro atoms. The van der Waals surface area contributed by atoms with Crippen LogP contribution in [0, 0.1) is 0 Å². The predicted molar refractivity (Wildman–Crippen MR) is 78.9 cm³/mol. The number of carbonyl (C=O) groups is 1. The van der Waals surface area contributed by atoms with Gasteiger partial charge in [-0.3, -0.25) is 0 Å². The van der Waals surface area contributed by atoms with Crippen LogP contribution in [0.15, 0.2) is 43.4 Å². The van der Waals surface area contributed by atoms with Gasteiger partial charge in [0, 0.05) is 0 Å². The summed E-state index contributed by atoms with van der Waals surface area (Å²) in [5.41, 5.74) is 2.20. The van der Waals surface area contributed by atoms with E-state index in [1.807, 2.05) is 24.3 Å². The predicted octanol–water partition coefficient (Wildman–Crippen LogP) is 3.21. The maximum absolute atomic E-state index is 12.3. The van der Waals surface area contributed by atoms with Gasteiger partial charge in [-0.15, -0.1) is 0 Å². The molecule has 1 aliphatic heterocycles. The van der Waals surface area contributed by atoms with Gasteiger partial charge in [0.1, 0.15) is 11.6 Å².